The highest BCUT2D eigenvalue weighted by Gasteiger charge is 2.29. The Balaban J connectivity index is 2.17. The third-order valence-corrected chi connectivity index (χ3v) is 4.52. The van der Waals surface area contributed by atoms with Crippen LogP contribution < -0.4 is 10.2 Å². The summed E-state index contributed by atoms with van der Waals surface area (Å²) in [5.41, 5.74) is -2.21. The second-order valence-corrected chi connectivity index (χ2v) is 6.79. The van der Waals surface area contributed by atoms with Crippen molar-refractivity contribution in [2.45, 2.75) is 23.7 Å². The lowest BCUT2D eigenvalue weighted by Crippen LogP contribution is -2.32. The van der Waals surface area contributed by atoms with E-state index in [9.17, 15) is 13.2 Å². The monoisotopic (exact) mass is 387 g/mol. The summed E-state index contributed by atoms with van der Waals surface area (Å²) in [7, 11) is 1.70. The molecule has 3 nitrogen and oxygen atoms in total. The molecule has 0 fully saturated rings. The average Bonchev–Trinajstić information content (AvgIpc) is 2.55. The Morgan fingerprint density at radius 3 is 2.60 bits per heavy atom. The molecule has 0 spiro atoms. The summed E-state index contributed by atoms with van der Waals surface area (Å²) < 4.78 is 37.5. The van der Waals surface area contributed by atoms with E-state index in [1.54, 1.807) is 11.9 Å². The van der Waals surface area contributed by atoms with Gasteiger partial charge in [0.15, 0.2) is 5.96 Å². The molecule has 0 aliphatic heterocycles. The lowest BCUT2D eigenvalue weighted by atomic mass is 10.1. The van der Waals surface area contributed by atoms with Crippen LogP contribution in [0.15, 0.2) is 47.4 Å². The van der Waals surface area contributed by atoms with Crippen molar-refractivity contribution in [3.63, 3.8) is 0 Å². The fourth-order valence-corrected chi connectivity index (χ4v) is 2.87. The van der Waals surface area contributed by atoms with Gasteiger partial charge in [-0.2, -0.15) is 13.2 Å². The molecular formula is C17H17ClF3N3S. The van der Waals surface area contributed by atoms with Crippen LogP contribution in [-0.2, 0) is 6.42 Å². The fraction of sp³-hybridized carbons (Fsp3) is 0.235. The van der Waals surface area contributed by atoms with E-state index >= 15 is 0 Å². The van der Waals surface area contributed by atoms with Gasteiger partial charge in [0.25, 0.3) is 0 Å². The van der Waals surface area contributed by atoms with Gasteiger partial charge in [0.2, 0.25) is 0 Å². The van der Waals surface area contributed by atoms with Crippen molar-refractivity contribution in [1.29, 1.82) is 5.41 Å². The number of guanidine groups is 1. The maximum Gasteiger partial charge on any atom is 0.446 e. The van der Waals surface area contributed by atoms with Gasteiger partial charge >= 0.3 is 5.51 Å². The number of hydrogen-bond donors (Lipinski definition) is 2. The first-order valence-electron chi connectivity index (χ1n) is 7.43. The van der Waals surface area contributed by atoms with Crippen molar-refractivity contribution in [2.24, 2.45) is 0 Å². The highest BCUT2D eigenvalue weighted by molar-refractivity contribution is 8.00. The zero-order valence-electron chi connectivity index (χ0n) is 13.6. The summed E-state index contributed by atoms with van der Waals surface area (Å²) in [6.07, 6.45) is 0.866. The molecule has 0 amide bonds. The van der Waals surface area contributed by atoms with Gasteiger partial charge in [-0.25, -0.2) is 0 Å². The molecule has 0 bridgehead atoms. The van der Waals surface area contributed by atoms with E-state index in [0.717, 1.165) is 17.7 Å². The lowest BCUT2D eigenvalue weighted by molar-refractivity contribution is -0.0328. The number of rotatable bonds is 4. The van der Waals surface area contributed by atoms with Crippen LogP contribution in [0.1, 0.15) is 12.5 Å². The fourth-order valence-electron chi connectivity index (χ4n) is 2.12. The summed E-state index contributed by atoms with van der Waals surface area (Å²) in [4.78, 5) is 1.60. The minimum absolute atomic E-state index is 0.00262. The SMILES string of the molecule is CCc1cccc(N(C)C(=N)Nc2cc(SC(F)(F)F)ccc2Cl)c1. The van der Waals surface area contributed by atoms with Crippen molar-refractivity contribution in [1.82, 2.24) is 0 Å². The summed E-state index contributed by atoms with van der Waals surface area (Å²) in [5.74, 6) is 0.00399. The summed E-state index contributed by atoms with van der Waals surface area (Å²) >= 11 is 5.82. The van der Waals surface area contributed by atoms with Crippen molar-refractivity contribution in [3.05, 3.63) is 53.1 Å². The summed E-state index contributed by atoms with van der Waals surface area (Å²) in [6.45, 7) is 2.03. The molecule has 0 radical (unpaired) electrons. The quantitative estimate of drug-likeness (QED) is 0.384. The molecule has 0 aliphatic carbocycles. The minimum Gasteiger partial charge on any atom is -0.325 e. The van der Waals surface area contributed by atoms with Gasteiger partial charge in [-0.1, -0.05) is 30.7 Å². The maximum atomic E-state index is 12.5. The molecule has 2 rings (SSSR count). The average molecular weight is 388 g/mol. The molecule has 8 heteroatoms. The van der Waals surface area contributed by atoms with Gasteiger partial charge < -0.3 is 10.2 Å². The van der Waals surface area contributed by atoms with E-state index in [4.69, 9.17) is 17.0 Å². The van der Waals surface area contributed by atoms with Crippen molar-refractivity contribution in [3.8, 4) is 0 Å². The number of hydrogen-bond acceptors (Lipinski definition) is 2. The maximum absolute atomic E-state index is 12.5. The Bertz CT molecular complexity index is 765. The van der Waals surface area contributed by atoms with Crippen LogP contribution >= 0.6 is 23.4 Å². The van der Waals surface area contributed by atoms with Crippen molar-refractivity contribution in [2.75, 3.05) is 17.3 Å². The zero-order valence-corrected chi connectivity index (χ0v) is 15.2. The highest BCUT2D eigenvalue weighted by atomic mass is 35.5. The third kappa shape index (κ3) is 5.57. The Morgan fingerprint density at radius 1 is 1.24 bits per heavy atom. The first-order valence-corrected chi connectivity index (χ1v) is 8.62. The van der Waals surface area contributed by atoms with Gasteiger partial charge in [0, 0.05) is 17.6 Å². The zero-order chi connectivity index (χ0) is 18.6. The Labute approximate surface area is 153 Å². The van der Waals surface area contributed by atoms with E-state index in [1.807, 2.05) is 31.2 Å². The normalized spacial score (nSPS) is 11.3. The molecule has 0 atom stereocenters. The van der Waals surface area contributed by atoms with E-state index in [2.05, 4.69) is 5.32 Å². The first kappa shape index (κ1) is 19.5. The number of nitrogens with one attached hydrogen (secondary N) is 2. The van der Waals surface area contributed by atoms with Crippen molar-refractivity contribution < 1.29 is 13.2 Å². The molecule has 2 aromatic carbocycles. The predicted octanol–water partition coefficient (Wildman–Crippen LogP) is 6.00. The molecule has 0 heterocycles. The molecule has 0 saturated carbocycles. The molecular weight excluding hydrogens is 371 g/mol. The molecule has 2 N–H and O–H groups in total. The standard InChI is InChI=1S/C17H17ClF3N3S/c1-3-11-5-4-6-12(9-11)24(2)16(22)23-15-10-13(7-8-14(15)18)25-17(19,20)21/h4-10H,3H2,1-2H3,(H2,22,23). The number of halogens is 4. The Kier molecular flexibility index (Phi) is 6.24. The van der Waals surface area contributed by atoms with E-state index in [-0.39, 0.29) is 33.3 Å². The number of nitrogens with zero attached hydrogens (tertiary/aromatic N) is 1. The number of thioether (sulfide) groups is 1. The van der Waals surface area contributed by atoms with E-state index < -0.39 is 5.51 Å². The second-order valence-electron chi connectivity index (χ2n) is 5.25. The van der Waals surface area contributed by atoms with E-state index in [1.165, 1.54) is 18.2 Å². The lowest BCUT2D eigenvalue weighted by Gasteiger charge is -2.22. The molecule has 25 heavy (non-hydrogen) atoms. The van der Waals surface area contributed by atoms with Crippen LogP contribution in [0.3, 0.4) is 0 Å². The van der Waals surface area contributed by atoms with Gasteiger partial charge in [-0.3, -0.25) is 5.41 Å². The van der Waals surface area contributed by atoms with Crippen LogP contribution in [0.4, 0.5) is 24.5 Å². The molecule has 134 valence electrons. The van der Waals surface area contributed by atoms with Crippen LogP contribution in [0.25, 0.3) is 0 Å². The molecule has 0 saturated heterocycles. The van der Waals surface area contributed by atoms with Crippen LogP contribution in [0.5, 0.6) is 0 Å². The van der Waals surface area contributed by atoms with Gasteiger partial charge in [-0.05, 0) is 54.1 Å². The molecule has 0 aliphatic rings. The second kappa shape index (κ2) is 8.01. The minimum atomic E-state index is -4.38. The Hall–Kier alpha value is -1.86. The van der Waals surface area contributed by atoms with Crippen LogP contribution in [-0.4, -0.2) is 18.5 Å². The highest BCUT2D eigenvalue weighted by Crippen LogP contribution is 2.39. The predicted molar refractivity (Wildman–Crippen MR) is 98.9 cm³/mol. The van der Waals surface area contributed by atoms with E-state index in [0.29, 0.717) is 0 Å². The van der Waals surface area contributed by atoms with Gasteiger partial charge in [0.05, 0.1) is 10.7 Å². The van der Waals surface area contributed by atoms with Gasteiger partial charge in [0.1, 0.15) is 0 Å². The number of alkyl halides is 3. The molecule has 0 aromatic heterocycles. The van der Waals surface area contributed by atoms with Crippen LogP contribution in [0, 0.1) is 5.41 Å². The number of anilines is 2. The van der Waals surface area contributed by atoms with Crippen LogP contribution in [0.2, 0.25) is 5.02 Å². The van der Waals surface area contributed by atoms with Crippen molar-refractivity contribution >= 4 is 40.7 Å². The Morgan fingerprint density at radius 2 is 1.96 bits per heavy atom. The number of benzene rings is 2. The third-order valence-electron chi connectivity index (χ3n) is 3.47. The number of aryl methyl sites for hydroxylation is 1. The smallest absolute Gasteiger partial charge is 0.325 e. The topological polar surface area (TPSA) is 39.1 Å². The van der Waals surface area contributed by atoms with Gasteiger partial charge in [-0.15, -0.1) is 0 Å². The molecule has 2 aromatic rings. The summed E-state index contributed by atoms with van der Waals surface area (Å²) in [5, 5.41) is 11.2. The first-order chi connectivity index (χ1) is 11.7. The molecule has 0 unspecified atom stereocenters. The largest absolute Gasteiger partial charge is 0.446 e. The summed E-state index contributed by atoms with van der Waals surface area (Å²) in [6, 6.07) is 11.6.